The molecule has 3 heterocycles. The van der Waals surface area contributed by atoms with Gasteiger partial charge < -0.3 is 14.4 Å². The predicted molar refractivity (Wildman–Crippen MR) is 98.4 cm³/mol. The largest absolute Gasteiger partial charge is 0.472 e. The lowest BCUT2D eigenvalue weighted by Crippen LogP contribution is -2.52. The van der Waals surface area contributed by atoms with E-state index in [0.717, 1.165) is 45.2 Å². The first-order valence-corrected chi connectivity index (χ1v) is 10.0. The Morgan fingerprint density at radius 3 is 2.54 bits per heavy atom. The van der Waals surface area contributed by atoms with Gasteiger partial charge in [0.25, 0.3) is 5.91 Å². The second-order valence-electron chi connectivity index (χ2n) is 7.61. The van der Waals surface area contributed by atoms with Crippen LogP contribution >= 0.6 is 0 Å². The molecule has 2 saturated heterocycles. The lowest BCUT2D eigenvalue weighted by Gasteiger charge is -2.40. The SMILES string of the molecule is O=C(c1ccc(OC2CCOC2)nc1)N1CCN(C2CCCCC2)CC1. The molecule has 3 fully saturated rings. The van der Waals surface area contributed by atoms with Gasteiger partial charge in [-0.25, -0.2) is 4.98 Å². The third-order valence-corrected chi connectivity index (χ3v) is 5.85. The highest BCUT2D eigenvalue weighted by Gasteiger charge is 2.27. The molecule has 1 aliphatic carbocycles. The summed E-state index contributed by atoms with van der Waals surface area (Å²) in [5.41, 5.74) is 0.645. The van der Waals surface area contributed by atoms with Gasteiger partial charge in [0.2, 0.25) is 5.88 Å². The zero-order valence-electron chi connectivity index (χ0n) is 15.4. The maximum Gasteiger partial charge on any atom is 0.255 e. The number of aromatic nitrogens is 1. The standard InChI is InChI=1S/C20H29N3O3/c24-20(16-6-7-19(21-14-16)26-18-8-13-25-15-18)23-11-9-22(10-12-23)17-4-2-1-3-5-17/h6-7,14,17-18H,1-5,8-13,15H2. The molecule has 0 radical (unpaired) electrons. The number of pyridine rings is 1. The van der Waals surface area contributed by atoms with Crippen molar-refractivity contribution >= 4 is 5.91 Å². The lowest BCUT2D eigenvalue weighted by atomic mass is 9.94. The molecule has 1 saturated carbocycles. The molecule has 0 spiro atoms. The fourth-order valence-electron chi connectivity index (χ4n) is 4.27. The zero-order valence-corrected chi connectivity index (χ0v) is 15.4. The van der Waals surface area contributed by atoms with Crippen LogP contribution < -0.4 is 4.74 Å². The van der Waals surface area contributed by atoms with Crippen molar-refractivity contribution in [3.63, 3.8) is 0 Å². The van der Waals surface area contributed by atoms with Gasteiger partial charge in [0.15, 0.2) is 0 Å². The van der Waals surface area contributed by atoms with Crippen LogP contribution in [-0.2, 0) is 4.74 Å². The highest BCUT2D eigenvalue weighted by molar-refractivity contribution is 5.94. The van der Waals surface area contributed by atoms with Crippen molar-refractivity contribution in [2.24, 2.45) is 0 Å². The van der Waals surface area contributed by atoms with Gasteiger partial charge in [-0.15, -0.1) is 0 Å². The maximum absolute atomic E-state index is 12.7. The number of amides is 1. The smallest absolute Gasteiger partial charge is 0.255 e. The van der Waals surface area contributed by atoms with Crippen LogP contribution in [0.2, 0.25) is 0 Å². The van der Waals surface area contributed by atoms with E-state index in [0.29, 0.717) is 18.1 Å². The van der Waals surface area contributed by atoms with Crippen molar-refractivity contribution in [2.45, 2.75) is 50.7 Å². The molecule has 0 N–H and O–H groups in total. The highest BCUT2D eigenvalue weighted by Crippen LogP contribution is 2.24. The van der Waals surface area contributed by atoms with Crippen LogP contribution in [0, 0.1) is 0 Å². The van der Waals surface area contributed by atoms with E-state index in [1.54, 1.807) is 12.3 Å². The molecule has 1 amide bonds. The van der Waals surface area contributed by atoms with Gasteiger partial charge in [0.05, 0.1) is 18.8 Å². The monoisotopic (exact) mass is 359 g/mol. The summed E-state index contributed by atoms with van der Waals surface area (Å²) >= 11 is 0. The molecule has 1 aromatic rings. The molecule has 4 rings (SSSR count). The first-order valence-electron chi connectivity index (χ1n) is 10.0. The molecule has 142 valence electrons. The minimum atomic E-state index is 0.0801. The molecule has 1 unspecified atom stereocenters. The Hall–Kier alpha value is -1.66. The van der Waals surface area contributed by atoms with E-state index in [2.05, 4.69) is 9.88 Å². The van der Waals surface area contributed by atoms with Crippen LogP contribution in [-0.4, -0.2) is 72.2 Å². The maximum atomic E-state index is 12.7. The Morgan fingerprint density at radius 1 is 1.08 bits per heavy atom. The number of carbonyl (C=O) groups excluding carboxylic acids is 1. The number of ether oxygens (including phenoxy) is 2. The Bertz CT molecular complexity index is 587. The van der Waals surface area contributed by atoms with Crippen molar-refractivity contribution in [3.8, 4) is 5.88 Å². The minimum Gasteiger partial charge on any atom is -0.472 e. The normalized spacial score (nSPS) is 25.4. The molecule has 2 aliphatic heterocycles. The topological polar surface area (TPSA) is 54.9 Å². The number of hydrogen-bond acceptors (Lipinski definition) is 5. The Balaban J connectivity index is 1.28. The van der Waals surface area contributed by atoms with E-state index >= 15 is 0 Å². The van der Waals surface area contributed by atoms with Crippen molar-refractivity contribution < 1.29 is 14.3 Å². The van der Waals surface area contributed by atoms with E-state index in [9.17, 15) is 4.79 Å². The van der Waals surface area contributed by atoms with E-state index in [1.807, 2.05) is 11.0 Å². The summed E-state index contributed by atoms with van der Waals surface area (Å²) in [7, 11) is 0. The fourth-order valence-corrected chi connectivity index (χ4v) is 4.27. The van der Waals surface area contributed by atoms with Crippen molar-refractivity contribution in [1.82, 2.24) is 14.8 Å². The number of carbonyl (C=O) groups is 1. The van der Waals surface area contributed by atoms with Gasteiger partial charge in [0, 0.05) is 50.9 Å². The average molecular weight is 359 g/mol. The van der Waals surface area contributed by atoms with Crippen LogP contribution in [0.4, 0.5) is 0 Å². The molecule has 0 bridgehead atoms. The summed E-state index contributed by atoms with van der Waals surface area (Å²) in [6, 6.07) is 4.36. The minimum absolute atomic E-state index is 0.0801. The highest BCUT2D eigenvalue weighted by atomic mass is 16.5. The second-order valence-corrected chi connectivity index (χ2v) is 7.61. The molecule has 3 aliphatic rings. The molecular formula is C20H29N3O3. The molecule has 0 aromatic carbocycles. The van der Waals surface area contributed by atoms with Gasteiger partial charge in [-0.2, -0.15) is 0 Å². The summed E-state index contributed by atoms with van der Waals surface area (Å²) in [4.78, 5) is 21.6. The van der Waals surface area contributed by atoms with Crippen molar-refractivity contribution in [3.05, 3.63) is 23.9 Å². The molecule has 6 nitrogen and oxygen atoms in total. The summed E-state index contributed by atoms with van der Waals surface area (Å²) in [6.45, 7) is 4.97. The van der Waals surface area contributed by atoms with Crippen LogP contribution in [0.5, 0.6) is 5.88 Å². The third-order valence-electron chi connectivity index (χ3n) is 5.85. The van der Waals surface area contributed by atoms with Gasteiger partial charge in [-0.1, -0.05) is 19.3 Å². The average Bonchev–Trinajstić information content (AvgIpc) is 3.22. The van der Waals surface area contributed by atoms with Crippen LogP contribution in [0.25, 0.3) is 0 Å². The quantitative estimate of drug-likeness (QED) is 0.826. The molecule has 26 heavy (non-hydrogen) atoms. The summed E-state index contributed by atoms with van der Waals surface area (Å²) < 4.78 is 11.1. The van der Waals surface area contributed by atoms with Crippen molar-refractivity contribution in [1.29, 1.82) is 0 Å². The van der Waals surface area contributed by atoms with Crippen molar-refractivity contribution in [2.75, 3.05) is 39.4 Å². The fraction of sp³-hybridized carbons (Fsp3) is 0.700. The number of piperazine rings is 1. The first kappa shape index (κ1) is 17.7. The molecular weight excluding hydrogens is 330 g/mol. The van der Waals surface area contributed by atoms with Crippen LogP contribution in [0.3, 0.4) is 0 Å². The summed E-state index contributed by atoms with van der Waals surface area (Å²) in [5, 5.41) is 0. The Labute approximate surface area is 155 Å². The van der Waals surface area contributed by atoms with Crippen LogP contribution in [0.15, 0.2) is 18.3 Å². The Kier molecular flexibility index (Phi) is 5.70. The molecule has 1 aromatic heterocycles. The van der Waals surface area contributed by atoms with Gasteiger partial charge in [-0.05, 0) is 18.9 Å². The zero-order chi connectivity index (χ0) is 17.8. The van der Waals surface area contributed by atoms with E-state index in [-0.39, 0.29) is 12.0 Å². The lowest BCUT2D eigenvalue weighted by molar-refractivity contribution is 0.0523. The summed E-state index contributed by atoms with van der Waals surface area (Å²) in [5.74, 6) is 0.649. The number of hydrogen-bond donors (Lipinski definition) is 0. The van der Waals surface area contributed by atoms with Gasteiger partial charge in [-0.3, -0.25) is 9.69 Å². The van der Waals surface area contributed by atoms with E-state index < -0.39 is 0 Å². The van der Waals surface area contributed by atoms with Crippen LogP contribution in [0.1, 0.15) is 48.9 Å². The van der Waals surface area contributed by atoms with Gasteiger partial charge >= 0.3 is 0 Å². The van der Waals surface area contributed by atoms with E-state index in [1.165, 1.54) is 32.1 Å². The third kappa shape index (κ3) is 4.18. The van der Waals surface area contributed by atoms with Gasteiger partial charge in [0.1, 0.15) is 6.10 Å². The number of rotatable bonds is 4. The Morgan fingerprint density at radius 2 is 1.88 bits per heavy atom. The number of nitrogens with zero attached hydrogens (tertiary/aromatic N) is 3. The predicted octanol–water partition coefficient (Wildman–Crippen LogP) is 2.34. The van der Waals surface area contributed by atoms with E-state index in [4.69, 9.17) is 9.47 Å². The first-order chi connectivity index (χ1) is 12.8. The molecule has 1 atom stereocenters. The second kappa shape index (κ2) is 8.35. The molecule has 6 heteroatoms. The summed E-state index contributed by atoms with van der Waals surface area (Å²) in [6.07, 6.45) is 9.37.